The Labute approximate surface area is 103 Å². The Balaban J connectivity index is 3.81. The summed E-state index contributed by atoms with van der Waals surface area (Å²) in [5, 5.41) is 0. The lowest BCUT2D eigenvalue weighted by Gasteiger charge is -2.27. The van der Waals surface area contributed by atoms with E-state index in [9.17, 15) is 0 Å². The largest absolute Gasteiger partial charge is 0.261 e. The first-order chi connectivity index (χ1) is 7.52. The zero-order chi connectivity index (χ0) is 12.6. The van der Waals surface area contributed by atoms with Crippen LogP contribution < -0.4 is 10.9 Å². The molecule has 0 aliphatic heterocycles. The second-order valence-electron chi connectivity index (χ2n) is 5.48. The summed E-state index contributed by atoms with van der Waals surface area (Å²) in [4.78, 5) is 0. The highest BCUT2D eigenvalue weighted by Gasteiger charge is 2.18. The van der Waals surface area contributed by atoms with Crippen LogP contribution in [0.3, 0.4) is 0 Å². The monoisotopic (exact) mass is 228 g/mol. The Bertz CT molecular complexity index is 159. The van der Waals surface area contributed by atoms with Crippen molar-refractivity contribution in [2.75, 3.05) is 7.05 Å². The van der Waals surface area contributed by atoms with Gasteiger partial charge in [0.2, 0.25) is 0 Å². The van der Waals surface area contributed by atoms with Crippen LogP contribution in [0.1, 0.15) is 60.3 Å². The molecule has 4 atom stereocenters. The minimum absolute atomic E-state index is 0.570. The highest BCUT2D eigenvalue weighted by atomic mass is 15.3. The lowest BCUT2D eigenvalue weighted by atomic mass is 9.80. The van der Waals surface area contributed by atoms with Crippen molar-refractivity contribution in [1.29, 1.82) is 0 Å². The van der Waals surface area contributed by atoms with Crippen LogP contribution in [-0.2, 0) is 0 Å². The van der Waals surface area contributed by atoms with Crippen molar-refractivity contribution in [2.45, 2.75) is 66.3 Å². The molecule has 0 radical (unpaired) electrons. The minimum Gasteiger partial charge on any atom is -0.261 e. The first kappa shape index (κ1) is 15.9. The van der Waals surface area contributed by atoms with Gasteiger partial charge in [0.05, 0.1) is 0 Å². The molecular weight excluding hydrogens is 196 g/mol. The zero-order valence-electron chi connectivity index (χ0n) is 12.1. The Morgan fingerprint density at radius 1 is 0.875 bits per heavy atom. The van der Waals surface area contributed by atoms with E-state index >= 15 is 0 Å². The van der Waals surface area contributed by atoms with Crippen molar-refractivity contribution in [3.8, 4) is 0 Å². The molecule has 0 aliphatic rings. The first-order valence-electron chi connectivity index (χ1n) is 6.95. The molecule has 0 aromatic rings. The molecular formula is C14H32N2. The minimum atomic E-state index is 0.570. The van der Waals surface area contributed by atoms with Crippen LogP contribution in [0.15, 0.2) is 0 Å². The Morgan fingerprint density at radius 2 is 1.44 bits per heavy atom. The van der Waals surface area contributed by atoms with Crippen molar-refractivity contribution < 1.29 is 0 Å². The normalized spacial score (nSPS) is 19.1. The van der Waals surface area contributed by atoms with Gasteiger partial charge in [-0.25, -0.2) is 0 Å². The lowest BCUT2D eigenvalue weighted by Crippen LogP contribution is -2.36. The van der Waals surface area contributed by atoms with E-state index in [1.165, 1.54) is 25.7 Å². The molecule has 0 saturated carbocycles. The second-order valence-corrected chi connectivity index (χ2v) is 5.48. The summed E-state index contributed by atoms with van der Waals surface area (Å²) in [7, 11) is 1.94. The molecule has 0 bridgehead atoms. The number of rotatable bonds is 9. The zero-order valence-corrected chi connectivity index (χ0v) is 12.1. The number of hydrogen-bond donors (Lipinski definition) is 2. The molecule has 0 aliphatic carbocycles. The maximum absolute atomic E-state index is 3.24. The number of nitrogens with one attached hydrogen (secondary N) is 2. The third-order valence-corrected chi connectivity index (χ3v) is 3.98. The van der Waals surface area contributed by atoms with E-state index in [1.807, 2.05) is 7.05 Å². The first-order valence-corrected chi connectivity index (χ1v) is 6.95. The molecule has 98 valence electrons. The average Bonchev–Trinajstić information content (AvgIpc) is 2.25. The van der Waals surface area contributed by atoms with E-state index in [-0.39, 0.29) is 0 Å². The molecule has 0 aromatic carbocycles. The fourth-order valence-corrected chi connectivity index (χ4v) is 2.37. The Morgan fingerprint density at radius 3 is 1.94 bits per heavy atom. The van der Waals surface area contributed by atoms with Gasteiger partial charge in [0, 0.05) is 6.04 Å². The third-order valence-electron chi connectivity index (χ3n) is 3.98. The topological polar surface area (TPSA) is 24.1 Å². The van der Waals surface area contributed by atoms with Gasteiger partial charge in [-0.3, -0.25) is 10.9 Å². The van der Waals surface area contributed by atoms with Gasteiger partial charge < -0.3 is 0 Å². The standard InChI is InChI=1S/C14H32N2/c1-7-8-11(2)14(5)12(3)9-10-13(4)16-15-6/h11-16H,7-10H2,1-6H3. The molecule has 0 heterocycles. The quantitative estimate of drug-likeness (QED) is 0.589. The third kappa shape index (κ3) is 6.49. The second kappa shape index (κ2) is 9.00. The van der Waals surface area contributed by atoms with E-state index in [0.717, 1.165) is 17.8 Å². The van der Waals surface area contributed by atoms with Crippen LogP contribution in [0.25, 0.3) is 0 Å². The van der Waals surface area contributed by atoms with Gasteiger partial charge in [0.1, 0.15) is 0 Å². The fourth-order valence-electron chi connectivity index (χ4n) is 2.37. The summed E-state index contributed by atoms with van der Waals surface area (Å²) >= 11 is 0. The van der Waals surface area contributed by atoms with Gasteiger partial charge in [0.25, 0.3) is 0 Å². The molecule has 2 nitrogen and oxygen atoms in total. The highest BCUT2D eigenvalue weighted by Crippen LogP contribution is 2.27. The van der Waals surface area contributed by atoms with Crippen LogP contribution in [0.2, 0.25) is 0 Å². The van der Waals surface area contributed by atoms with Gasteiger partial charge in [-0.2, -0.15) is 0 Å². The SMILES string of the molecule is CCCC(C)C(C)C(C)CCC(C)NNC. The summed E-state index contributed by atoms with van der Waals surface area (Å²) < 4.78 is 0. The van der Waals surface area contributed by atoms with E-state index in [2.05, 4.69) is 45.5 Å². The van der Waals surface area contributed by atoms with Crippen LogP contribution in [0.5, 0.6) is 0 Å². The van der Waals surface area contributed by atoms with Crippen LogP contribution in [0.4, 0.5) is 0 Å². The Kier molecular flexibility index (Phi) is 8.96. The lowest BCUT2D eigenvalue weighted by molar-refractivity contribution is 0.242. The molecule has 0 fully saturated rings. The van der Waals surface area contributed by atoms with Gasteiger partial charge in [-0.15, -0.1) is 0 Å². The van der Waals surface area contributed by atoms with Crippen molar-refractivity contribution in [3.63, 3.8) is 0 Å². The average molecular weight is 228 g/mol. The summed E-state index contributed by atoms with van der Waals surface area (Å²) in [6.45, 7) is 11.8. The molecule has 0 rings (SSSR count). The fraction of sp³-hybridized carbons (Fsp3) is 1.00. The summed E-state index contributed by atoms with van der Waals surface area (Å²) in [6, 6.07) is 0.570. The van der Waals surface area contributed by atoms with E-state index in [1.54, 1.807) is 0 Å². The van der Waals surface area contributed by atoms with Crippen LogP contribution in [-0.4, -0.2) is 13.1 Å². The molecule has 16 heavy (non-hydrogen) atoms. The van der Waals surface area contributed by atoms with Crippen molar-refractivity contribution >= 4 is 0 Å². The van der Waals surface area contributed by atoms with E-state index in [0.29, 0.717) is 6.04 Å². The highest BCUT2D eigenvalue weighted by molar-refractivity contribution is 4.70. The molecule has 2 N–H and O–H groups in total. The smallest absolute Gasteiger partial charge is 0.0184 e. The predicted molar refractivity (Wildman–Crippen MR) is 73.3 cm³/mol. The predicted octanol–water partition coefficient (Wildman–Crippen LogP) is 3.59. The van der Waals surface area contributed by atoms with Crippen LogP contribution in [0, 0.1) is 17.8 Å². The number of hydrogen-bond acceptors (Lipinski definition) is 2. The Hall–Kier alpha value is -0.0800. The van der Waals surface area contributed by atoms with E-state index in [4.69, 9.17) is 0 Å². The summed E-state index contributed by atoms with van der Waals surface area (Å²) in [5.41, 5.74) is 6.26. The molecule has 0 saturated heterocycles. The molecule has 4 unspecified atom stereocenters. The molecule has 0 spiro atoms. The maximum atomic E-state index is 3.24. The molecule has 0 aromatic heterocycles. The van der Waals surface area contributed by atoms with E-state index < -0.39 is 0 Å². The summed E-state index contributed by atoms with van der Waals surface area (Å²) in [5.74, 6) is 2.55. The van der Waals surface area contributed by atoms with Gasteiger partial charge in [-0.1, -0.05) is 40.5 Å². The number of hydrazine groups is 1. The molecule has 0 amide bonds. The van der Waals surface area contributed by atoms with Crippen molar-refractivity contribution in [2.24, 2.45) is 17.8 Å². The van der Waals surface area contributed by atoms with Gasteiger partial charge in [0.15, 0.2) is 0 Å². The van der Waals surface area contributed by atoms with Crippen molar-refractivity contribution in [3.05, 3.63) is 0 Å². The maximum Gasteiger partial charge on any atom is 0.0184 e. The van der Waals surface area contributed by atoms with Gasteiger partial charge >= 0.3 is 0 Å². The summed E-state index contributed by atoms with van der Waals surface area (Å²) in [6.07, 6.45) is 5.27. The van der Waals surface area contributed by atoms with Crippen LogP contribution >= 0.6 is 0 Å². The van der Waals surface area contributed by atoms with Crippen molar-refractivity contribution in [1.82, 2.24) is 10.9 Å². The van der Waals surface area contributed by atoms with Gasteiger partial charge in [-0.05, 0) is 44.6 Å². The molecule has 2 heteroatoms.